The van der Waals surface area contributed by atoms with Gasteiger partial charge in [-0.25, -0.2) is 9.00 Å². The molecular weight excluding hydrogens is 281 g/mol. The van der Waals surface area contributed by atoms with Crippen LogP contribution in [0.3, 0.4) is 0 Å². The second-order valence-corrected chi connectivity index (χ2v) is 3.57. The van der Waals surface area contributed by atoms with Gasteiger partial charge in [0.2, 0.25) is 0 Å². The molecule has 0 aliphatic rings. The lowest BCUT2D eigenvalue weighted by Gasteiger charge is -2.07. The third kappa shape index (κ3) is 4.33. The molecule has 18 heavy (non-hydrogen) atoms. The molecule has 0 amide bonds. The Morgan fingerprint density at radius 2 is 2.22 bits per heavy atom. The summed E-state index contributed by atoms with van der Waals surface area (Å²) in [7, 11) is 1.27. The highest BCUT2D eigenvalue weighted by molar-refractivity contribution is 7.74. The van der Waals surface area contributed by atoms with Crippen molar-refractivity contribution >= 4 is 17.3 Å². The van der Waals surface area contributed by atoms with Gasteiger partial charge in [0.1, 0.15) is 11.4 Å². The quantitative estimate of drug-likeness (QED) is 0.740. The maximum atomic E-state index is 11.9. The van der Waals surface area contributed by atoms with Crippen molar-refractivity contribution in [3.8, 4) is 6.01 Å². The number of halogens is 3. The minimum atomic E-state index is -4.55. The maximum Gasteiger partial charge on any atom is 0.422 e. The number of imidazole rings is 1. The van der Waals surface area contributed by atoms with E-state index < -0.39 is 41.8 Å². The number of carbonyl (C=O) groups excluding carboxylic acids is 1. The largest absolute Gasteiger partial charge is 0.740 e. The van der Waals surface area contributed by atoms with Gasteiger partial charge in [0.05, 0.1) is 0 Å². The Morgan fingerprint density at radius 1 is 1.61 bits per heavy atom. The first kappa shape index (κ1) is 14.4. The molecule has 0 saturated heterocycles. The minimum absolute atomic E-state index is 0.487. The number of alkyl halides is 3. The van der Waals surface area contributed by atoms with Gasteiger partial charge in [-0.3, -0.25) is 0 Å². The third-order valence-electron chi connectivity index (χ3n) is 1.55. The van der Waals surface area contributed by atoms with Crippen LogP contribution in [-0.4, -0.2) is 37.1 Å². The number of hydrogen-bond donors (Lipinski definition) is 0. The number of nitrogens with zero attached hydrogens (tertiary/aromatic N) is 2. The summed E-state index contributed by atoms with van der Waals surface area (Å²) in [5.41, 5.74) is -0.487. The van der Waals surface area contributed by atoms with Crippen molar-refractivity contribution < 1.29 is 35.6 Å². The molecule has 1 aromatic rings. The maximum absolute atomic E-state index is 11.9. The first-order valence-corrected chi connectivity index (χ1v) is 5.24. The molecule has 0 aliphatic heterocycles. The molecule has 11 heteroatoms. The van der Waals surface area contributed by atoms with Crippen LogP contribution < -0.4 is 4.74 Å². The lowest BCUT2D eigenvalue weighted by molar-refractivity contribution is -0.155. The molecule has 0 aromatic carbocycles. The summed E-state index contributed by atoms with van der Waals surface area (Å²) in [5, 5.41) is 0. The number of aromatic nitrogens is 2. The van der Waals surface area contributed by atoms with E-state index >= 15 is 0 Å². The van der Waals surface area contributed by atoms with E-state index in [0.29, 0.717) is 0 Å². The summed E-state index contributed by atoms with van der Waals surface area (Å²) in [6.45, 7) is -1.58. The Kier molecular flexibility index (Phi) is 4.29. The fourth-order valence-electron chi connectivity index (χ4n) is 0.933. The summed E-state index contributed by atoms with van der Waals surface area (Å²) in [6.07, 6.45) is -3.58. The van der Waals surface area contributed by atoms with Crippen molar-refractivity contribution in [2.45, 2.75) is 6.18 Å². The normalized spacial score (nSPS) is 13.2. The number of hydrogen-bond acceptors (Lipinski definition) is 6. The highest BCUT2D eigenvalue weighted by Crippen LogP contribution is 2.18. The Bertz CT molecular complexity index is 472. The van der Waals surface area contributed by atoms with Crippen molar-refractivity contribution in [1.29, 1.82) is 0 Å². The summed E-state index contributed by atoms with van der Waals surface area (Å²) in [4.78, 5) is 14.4. The predicted molar refractivity (Wildman–Crippen MR) is 49.1 cm³/mol. The van der Waals surface area contributed by atoms with E-state index in [1.54, 1.807) is 0 Å². The predicted octanol–water partition coefficient (Wildman–Crippen LogP) is 0.312. The summed E-state index contributed by atoms with van der Waals surface area (Å²) >= 11 is -3.08. The van der Waals surface area contributed by atoms with E-state index in [1.165, 1.54) is 7.05 Å². The van der Waals surface area contributed by atoms with Crippen molar-refractivity contribution in [3.05, 3.63) is 11.9 Å². The lowest BCUT2D eigenvalue weighted by Crippen LogP contribution is -2.20. The van der Waals surface area contributed by atoms with Crippen molar-refractivity contribution in [2.24, 2.45) is 7.05 Å². The highest BCUT2D eigenvalue weighted by atomic mass is 32.2. The van der Waals surface area contributed by atoms with Crippen LogP contribution in [0.15, 0.2) is 6.20 Å². The number of rotatable bonds is 4. The molecule has 1 rings (SSSR count). The minimum Gasteiger partial charge on any atom is -0.740 e. The smallest absolute Gasteiger partial charge is 0.422 e. The Hall–Kier alpha value is -1.62. The van der Waals surface area contributed by atoms with Gasteiger partial charge in [-0.2, -0.15) is 18.2 Å². The van der Waals surface area contributed by atoms with Gasteiger partial charge in [0.25, 0.3) is 6.01 Å². The standard InChI is InChI=1S/C7H7F3N2O5S/c1-12-2-4(5(13)17-18(14)15)11-6(12)16-3-7(8,9)10/h2H,3H2,1H3,(H,14,15)/p-1. The van der Waals surface area contributed by atoms with Crippen molar-refractivity contribution in [3.63, 3.8) is 0 Å². The second kappa shape index (κ2) is 5.35. The van der Waals surface area contributed by atoms with Gasteiger partial charge < -0.3 is 18.0 Å². The Morgan fingerprint density at radius 3 is 2.72 bits per heavy atom. The molecule has 0 spiro atoms. The summed E-state index contributed by atoms with van der Waals surface area (Å²) in [6, 6.07) is -0.490. The first-order valence-electron chi connectivity index (χ1n) is 4.24. The van der Waals surface area contributed by atoms with E-state index in [4.69, 9.17) is 0 Å². The molecular formula is C7H6F3N2O5S-. The molecule has 102 valence electrons. The van der Waals surface area contributed by atoms with Gasteiger partial charge in [-0.05, 0) is 0 Å². The SMILES string of the molecule is Cn1cc(C(=O)OS(=O)[O-])nc1OCC(F)(F)F. The Labute approximate surface area is 101 Å². The third-order valence-corrected chi connectivity index (χ3v) is 1.84. The molecule has 1 heterocycles. The first-order chi connectivity index (χ1) is 8.19. The van der Waals surface area contributed by atoms with Crippen LogP contribution in [0.5, 0.6) is 6.01 Å². The van der Waals surface area contributed by atoms with E-state index in [1.807, 2.05) is 0 Å². The van der Waals surface area contributed by atoms with Gasteiger partial charge in [0.15, 0.2) is 12.3 Å². The average Bonchev–Trinajstić information content (AvgIpc) is 2.55. The van der Waals surface area contributed by atoms with Crippen LogP contribution in [0.25, 0.3) is 0 Å². The van der Waals surface area contributed by atoms with E-state index in [-0.39, 0.29) is 0 Å². The van der Waals surface area contributed by atoms with Crippen LogP contribution in [0.2, 0.25) is 0 Å². The second-order valence-electron chi connectivity index (χ2n) is 3.00. The number of ether oxygens (including phenoxy) is 1. The number of carbonyl (C=O) groups is 1. The molecule has 0 saturated carbocycles. The zero-order valence-electron chi connectivity index (χ0n) is 8.76. The topological polar surface area (TPSA) is 93.5 Å². The molecule has 0 fully saturated rings. The molecule has 0 bridgehead atoms. The monoisotopic (exact) mass is 287 g/mol. The van der Waals surface area contributed by atoms with Crippen molar-refractivity contribution in [1.82, 2.24) is 9.55 Å². The van der Waals surface area contributed by atoms with Gasteiger partial charge in [-0.1, -0.05) is 0 Å². The van der Waals surface area contributed by atoms with Crippen LogP contribution in [0.4, 0.5) is 13.2 Å². The summed E-state index contributed by atoms with van der Waals surface area (Å²) in [5.74, 6) is -1.32. The molecule has 0 aliphatic carbocycles. The van der Waals surface area contributed by atoms with Crippen LogP contribution >= 0.6 is 0 Å². The molecule has 1 atom stereocenters. The zero-order chi connectivity index (χ0) is 13.9. The van der Waals surface area contributed by atoms with Crippen LogP contribution in [-0.2, 0) is 22.6 Å². The highest BCUT2D eigenvalue weighted by Gasteiger charge is 2.29. The fourth-order valence-corrected chi connectivity index (χ4v) is 1.14. The molecule has 7 nitrogen and oxygen atoms in total. The van der Waals surface area contributed by atoms with E-state index in [0.717, 1.165) is 10.8 Å². The summed E-state index contributed by atoms with van der Waals surface area (Å²) < 4.78 is 64.8. The molecule has 1 aromatic heterocycles. The molecule has 0 N–H and O–H groups in total. The van der Waals surface area contributed by atoms with E-state index in [9.17, 15) is 26.7 Å². The lowest BCUT2D eigenvalue weighted by atomic mass is 10.5. The van der Waals surface area contributed by atoms with Gasteiger partial charge in [0, 0.05) is 13.2 Å². The molecule has 1 unspecified atom stereocenters. The zero-order valence-corrected chi connectivity index (χ0v) is 9.58. The van der Waals surface area contributed by atoms with E-state index in [2.05, 4.69) is 13.9 Å². The molecule has 0 radical (unpaired) electrons. The van der Waals surface area contributed by atoms with Crippen LogP contribution in [0.1, 0.15) is 10.5 Å². The van der Waals surface area contributed by atoms with Gasteiger partial charge >= 0.3 is 12.1 Å². The number of aryl methyl sites for hydroxylation is 1. The van der Waals surface area contributed by atoms with Crippen LogP contribution in [0, 0.1) is 0 Å². The fraction of sp³-hybridized carbons (Fsp3) is 0.429. The average molecular weight is 287 g/mol. The van der Waals surface area contributed by atoms with Crippen molar-refractivity contribution in [2.75, 3.05) is 6.61 Å². The Balaban J connectivity index is 2.75. The van der Waals surface area contributed by atoms with Gasteiger partial charge in [-0.15, -0.1) is 0 Å².